The fourth-order valence-electron chi connectivity index (χ4n) is 3.19. The van der Waals surface area contributed by atoms with Crippen molar-refractivity contribution in [1.82, 2.24) is 9.88 Å². The number of aryl methyl sites for hydroxylation is 1. The first kappa shape index (κ1) is 17.1. The Kier molecular flexibility index (Phi) is 4.78. The second-order valence-corrected chi connectivity index (χ2v) is 6.31. The molecule has 0 spiro atoms. The van der Waals surface area contributed by atoms with Crippen LogP contribution in [0.25, 0.3) is 0 Å². The maximum atomic E-state index is 11.3. The highest BCUT2D eigenvalue weighted by molar-refractivity contribution is 5.75. The Morgan fingerprint density at radius 3 is 2.65 bits per heavy atom. The van der Waals surface area contributed by atoms with E-state index in [1.165, 1.54) is 11.1 Å². The van der Waals surface area contributed by atoms with Crippen LogP contribution in [0.3, 0.4) is 0 Å². The lowest BCUT2D eigenvalue weighted by atomic mass is 9.96. The Hall–Kier alpha value is -2.30. The van der Waals surface area contributed by atoms with Crippen molar-refractivity contribution in [1.29, 1.82) is 0 Å². The highest BCUT2D eigenvalue weighted by atomic mass is 16.3. The molecule has 124 valence electrons. The van der Waals surface area contributed by atoms with Gasteiger partial charge in [-0.3, -0.25) is 9.78 Å². The highest BCUT2D eigenvalue weighted by Gasteiger charge is 2.33. The zero-order valence-corrected chi connectivity index (χ0v) is 14.3. The van der Waals surface area contributed by atoms with E-state index in [1.54, 1.807) is 6.92 Å². The maximum absolute atomic E-state index is 11.3. The molecular formula is C18H25N3O2. The second kappa shape index (κ2) is 6.44. The summed E-state index contributed by atoms with van der Waals surface area (Å²) in [6, 6.07) is 0. The average molecular weight is 315 g/mol. The van der Waals surface area contributed by atoms with E-state index in [0.29, 0.717) is 13.1 Å². The van der Waals surface area contributed by atoms with E-state index in [2.05, 4.69) is 30.3 Å². The summed E-state index contributed by atoms with van der Waals surface area (Å²) in [5.41, 5.74) is 11.4. The molecule has 1 saturated heterocycles. The van der Waals surface area contributed by atoms with Crippen LogP contribution >= 0.6 is 0 Å². The number of allylic oxidation sites excluding steroid dienone is 2. The molecular weight excluding hydrogens is 290 g/mol. The molecule has 5 heteroatoms. The smallest absolute Gasteiger partial charge is 0.218 e. The summed E-state index contributed by atoms with van der Waals surface area (Å²) in [6.45, 7) is 13.2. The molecule has 23 heavy (non-hydrogen) atoms. The summed E-state index contributed by atoms with van der Waals surface area (Å²) >= 11 is 0. The van der Waals surface area contributed by atoms with Crippen LogP contribution in [0, 0.1) is 26.7 Å². The van der Waals surface area contributed by atoms with Crippen LogP contribution in [0.5, 0.6) is 0 Å². The maximum Gasteiger partial charge on any atom is 0.218 e. The zero-order chi connectivity index (χ0) is 17.3. The molecule has 2 heterocycles. The third-order valence-corrected chi connectivity index (χ3v) is 4.74. The van der Waals surface area contributed by atoms with Crippen molar-refractivity contribution >= 4 is 5.91 Å². The van der Waals surface area contributed by atoms with Gasteiger partial charge in [-0.25, -0.2) is 0 Å². The third-order valence-electron chi connectivity index (χ3n) is 4.74. The molecule has 1 aliphatic rings. The van der Waals surface area contributed by atoms with Gasteiger partial charge in [0.2, 0.25) is 5.91 Å². The molecule has 1 aliphatic heterocycles. The van der Waals surface area contributed by atoms with Crippen LogP contribution < -0.4 is 5.73 Å². The number of primary amides is 1. The third kappa shape index (κ3) is 3.38. The minimum absolute atomic E-state index is 0.107. The first-order valence-corrected chi connectivity index (χ1v) is 7.76. The topological polar surface area (TPSA) is 79.5 Å². The molecule has 1 atom stereocenters. The van der Waals surface area contributed by atoms with Gasteiger partial charge in [-0.05, 0) is 44.4 Å². The van der Waals surface area contributed by atoms with Crippen LogP contribution in [-0.4, -0.2) is 27.4 Å². The number of carbonyl (C=O) groups is 1. The molecule has 2 rings (SSSR count). The number of hydrogen-bond acceptors (Lipinski definition) is 4. The lowest BCUT2D eigenvalue weighted by molar-refractivity contribution is -0.118. The molecule has 5 nitrogen and oxygen atoms in total. The van der Waals surface area contributed by atoms with E-state index in [0.717, 1.165) is 22.5 Å². The SMILES string of the molecule is C=C1/C(=C(\C)O)C(CC(N)=O)CN1Cc1cnc(C)c(C)c1C. The van der Waals surface area contributed by atoms with Gasteiger partial charge < -0.3 is 15.7 Å². The molecule has 3 N–H and O–H groups in total. The van der Waals surface area contributed by atoms with Gasteiger partial charge in [0.15, 0.2) is 0 Å². The standard InChI is InChI=1S/C18H25N3O2/c1-10-11(2)16(7-20-12(10)3)9-21-8-15(6-17(19)23)18(13(21)4)14(5)22/h7,15,22H,4,6,8-9H2,1-3,5H3,(H2,19,23)/b18-14-. The van der Waals surface area contributed by atoms with E-state index in [9.17, 15) is 9.90 Å². The van der Waals surface area contributed by atoms with Crippen molar-refractivity contribution in [3.05, 3.63) is 52.2 Å². The van der Waals surface area contributed by atoms with E-state index in [1.807, 2.05) is 13.1 Å². The number of carbonyl (C=O) groups excluding carboxylic acids is 1. The average Bonchev–Trinajstić information content (AvgIpc) is 2.75. The molecule has 0 aromatic carbocycles. The summed E-state index contributed by atoms with van der Waals surface area (Å²) in [6.07, 6.45) is 2.11. The van der Waals surface area contributed by atoms with Gasteiger partial charge in [0.05, 0.1) is 5.76 Å². The zero-order valence-electron chi connectivity index (χ0n) is 14.3. The lowest BCUT2D eigenvalue weighted by Gasteiger charge is -2.21. The van der Waals surface area contributed by atoms with E-state index < -0.39 is 0 Å². The summed E-state index contributed by atoms with van der Waals surface area (Å²) in [5.74, 6) is -0.268. The van der Waals surface area contributed by atoms with Crippen LogP contribution in [0.15, 0.2) is 29.8 Å². The monoisotopic (exact) mass is 315 g/mol. The minimum atomic E-state index is -0.368. The van der Waals surface area contributed by atoms with Crippen LogP contribution in [0.1, 0.15) is 35.7 Å². The van der Waals surface area contributed by atoms with Gasteiger partial charge >= 0.3 is 0 Å². The summed E-state index contributed by atoms with van der Waals surface area (Å²) in [7, 11) is 0. The van der Waals surface area contributed by atoms with Crippen molar-refractivity contribution in [3.8, 4) is 0 Å². The molecule has 0 radical (unpaired) electrons. The number of rotatable bonds is 4. The van der Waals surface area contributed by atoms with Crippen LogP contribution in [0.4, 0.5) is 0 Å². The van der Waals surface area contributed by atoms with Crippen LogP contribution in [0.2, 0.25) is 0 Å². The van der Waals surface area contributed by atoms with E-state index in [-0.39, 0.29) is 24.0 Å². The Morgan fingerprint density at radius 2 is 2.09 bits per heavy atom. The van der Waals surface area contributed by atoms with Gasteiger partial charge in [-0.1, -0.05) is 6.58 Å². The number of aliphatic hydroxyl groups is 1. The van der Waals surface area contributed by atoms with E-state index in [4.69, 9.17) is 5.73 Å². The Labute approximate surface area is 137 Å². The quantitative estimate of drug-likeness (QED) is 0.837. The normalized spacial score (nSPS) is 20.1. The number of pyridine rings is 1. The number of nitrogens with two attached hydrogens (primary N) is 1. The second-order valence-electron chi connectivity index (χ2n) is 6.31. The van der Waals surface area contributed by atoms with Crippen molar-refractivity contribution in [3.63, 3.8) is 0 Å². The van der Waals surface area contributed by atoms with E-state index >= 15 is 0 Å². The fourth-order valence-corrected chi connectivity index (χ4v) is 3.19. The lowest BCUT2D eigenvalue weighted by Crippen LogP contribution is -2.22. The molecule has 0 saturated carbocycles. The first-order chi connectivity index (χ1) is 10.7. The fraction of sp³-hybridized carbons (Fsp3) is 0.444. The molecule has 0 bridgehead atoms. The first-order valence-electron chi connectivity index (χ1n) is 7.76. The molecule has 0 aliphatic carbocycles. The van der Waals surface area contributed by atoms with Gasteiger partial charge in [0.1, 0.15) is 0 Å². The van der Waals surface area contributed by atoms with Gasteiger partial charge in [-0.2, -0.15) is 0 Å². The number of hydrogen-bond donors (Lipinski definition) is 2. The largest absolute Gasteiger partial charge is 0.512 e. The van der Waals surface area contributed by atoms with Crippen molar-refractivity contribution in [2.75, 3.05) is 6.54 Å². The number of aromatic nitrogens is 1. The molecule has 1 aromatic heterocycles. The summed E-state index contributed by atoms with van der Waals surface area (Å²) < 4.78 is 0. The predicted octanol–water partition coefficient (Wildman–Crippen LogP) is 2.66. The Bertz CT molecular complexity index is 688. The molecule has 1 aromatic rings. The van der Waals surface area contributed by atoms with Crippen molar-refractivity contribution in [2.45, 2.75) is 40.7 Å². The number of likely N-dealkylation sites (tertiary alicyclic amines) is 1. The van der Waals surface area contributed by atoms with Gasteiger partial charge in [0, 0.05) is 48.6 Å². The Balaban J connectivity index is 2.28. The molecule has 1 amide bonds. The van der Waals surface area contributed by atoms with Gasteiger partial charge in [0.25, 0.3) is 0 Å². The van der Waals surface area contributed by atoms with Crippen molar-refractivity contribution in [2.24, 2.45) is 11.7 Å². The minimum Gasteiger partial charge on any atom is -0.512 e. The number of aliphatic hydroxyl groups excluding tert-OH is 1. The Morgan fingerprint density at radius 1 is 1.43 bits per heavy atom. The summed E-state index contributed by atoms with van der Waals surface area (Å²) in [4.78, 5) is 17.8. The predicted molar refractivity (Wildman–Crippen MR) is 90.6 cm³/mol. The molecule has 1 fully saturated rings. The van der Waals surface area contributed by atoms with Crippen LogP contribution in [-0.2, 0) is 11.3 Å². The van der Waals surface area contributed by atoms with Gasteiger partial charge in [-0.15, -0.1) is 0 Å². The molecule has 1 unspecified atom stereocenters. The number of nitrogens with zero attached hydrogens (tertiary/aromatic N) is 2. The number of amides is 1. The summed E-state index contributed by atoms with van der Waals surface area (Å²) in [5, 5.41) is 9.95. The van der Waals surface area contributed by atoms with Crippen molar-refractivity contribution < 1.29 is 9.90 Å². The highest BCUT2D eigenvalue weighted by Crippen LogP contribution is 2.36.